The van der Waals surface area contributed by atoms with E-state index in [-0.39, 0.29) is 29.6 Å². The van der Waals surface area contributed by atoms with Crippen LogP contribution in [0.3, 0.4) is 0 Å². The number of rotatable bonds is 1. The minimum absolute atomic E-state index is 0. The smallest absolute Gasteiger partial charge is 0 e. The van der Waals surface area contributed by atoms with Crippen LogP contribution in [0, 0.1) is 0 Å². The number of hydrogen-bond acceptors (Lipinski definition) is 0. The topological polar surface area (TPSA) is 0 Å². The zero-order valence-electron chi connectivity index (χ0n) is 9.19. The van der Waals surface area contributed by atoms with Crippen molar-refractivity contribution in [3.63, 3.8) is 0 Å². The summed E-state index contributed by atoms with van der Waals surface area (Å²) in [7, 11) is 0. The summed E-state index contributed by atoms with van der Waals surface area (Å²) in [5.41, 5.74) is 2.55. The Kier molecular flexibility index (Phi) is 8.02. The van der Waals surface area contributed by atoms with Gasteiger partial charge in [-0.2, -0.15) is 0 Å². The largest absolute Gasteiger partial charge is 0.106 e. The van der Waals surface area contributed by atoms with Crippen molar-refractivity contribution in [2.75, 3.05) is 0 Å². The van der Waals surface area contributed by atoms with E-state index in [0.29, 0.717) is 0 Å². The van der Waals surface area contributed by atoms with Crippen LogP contribution in [-0.4, -0.2) is 29.6 Å². The van der Waals surface area contributed by atoms with Gasteiger partial charge < -0.3 is 0 Å². The molecule has 0 N–H and O–H groups in total. The minimum atomic E-state index is 0. The molecule has 0 bridgehead atoms. The van der Waals surface area contributed by atoms with Gasteiger partial charge in [-0.25, -0.2) is 0 Å². The van der Waals surface area contributed by atoms with E-state index in [9.17, 15) is 0 Å². The molecule has 2 aromatic rings. The van der Waals surface area contributed by atoms with Crippen LogP contribution >= 0.6 is 0 Å². The summed E-state index contributed by atoms with van der Waals surface area (Å²) >= 11 is 0. The number of benzene rings is 2. The van der Waals surface area contributed by atoms with E-state index in [1.807, 2.05) is 12.1 Å². The Bertz CT molecular complexity index is 316. The quantitative estimate of drug-likeness (QED) is 0.491. The van der Waals surface area contributed by atoms with Gasteiger partial charge in [0.1, 0.15) is 0 Å². The van der Waals surface area contributed by atoms with Gasteiger partial charge in [0.15, 0.2) is 0 Å². The van der Waals surface area contributed by atoms with Gasteiger partial charge in [0.05, 0.1) is 0 Å². The van der Waals surface area contributed by atoms with Crippen LogP contribution in [0.2, 0.25) is 0 Å². The molecule has 0 aliphatic rings. The maximum atomic E-state index is 3.00. The zero-order chi connectivity index (χ0) is 10.2. The van der Waals surface area contributed by atoms with E-state index in [2.05, 4.69) is 61.7 Å². The van der Waals surface area contributed by atoms with Gasteiger partial charge in [-0.1, -0.05) is 60.7 Å². The van der Waals surface area contributed by atoms with Crippen LogP contribution < -0.4 is 0 Å². The molecule has 15 heavy (non-hydrogen) atoms. The second-order valence-corrected chi connectivity index (χ2v) is 2.73. The molecule has 0 aliphatic heterocycles. The van der Waals surface area contributed by atoms with Gasteiger partial charge >= 0.3 is 0 Å². The fraction of sp³-hybridized carbons (Fsp3) is 0. The first-order valence-corrected chi connectivity index (χ1v) is 4.57. The molecular weight excluding hydrogens is 191 g/mol. The van der Waals surface area contributed by atoms with E-state index in [1.54, 1.807) is 0 Å². The summed E-state index contributed by atoms with van der Waals surface area (Å²) in [5, 5.41) is 0. The fourth-order valence-electron chi connectivity index (χ4n) is 1.26. The molecule has 0 aliphatic carbocycles. The van der Waals surface area contributed by atoms with Crippen LogP contribution in [0.25, 0.3) is 11.1 Å². The molecule has 2 aromatic carbocycles. The molecule has 2 rings (SSSR count). The average Bonchev–Trinajstić information content (AvgIpc) is 2.34. The molecule has 0 saturated carbocycles. The van der Waals surface area contributed by atoms with Crippen molar-refractivity contribution < 1.29 is 0 Å². The Morgan fingerprint density at radius 3 is 1.07 bits per heavy atom. The molecule has 0 aromatic heterocycles. The van der Waals surface area contributed by atoms with E-state index in [1.165, 1.54) is 11.1 Å². The van der Waals surface area contributed by atoms with Gasteiger partial charge in [-0.15, -0.1) is 13.2 Å². The first kappa shape index (κ1) is 14.2. The van der Waals surface area contributed by atoms with Crippen LogP contribution in [0.15, 0.2) is 73.8 Å². The molecule has 0 spiro atoms. The van der Waals surface area contributed by atoms with Crippen LogP contribution in [0.1, 0.15) is 0 Å². The van der Waals surface area contributed by atoms with Gasteiger partial charge in [0.2, 0.25) is 0 Å². The van der Waals surface area contributed by atoms with E-state index in [4.69, 9.17) is 0 Å². The van der Waals surface area contributed by atoms with Crippen LogP contribution in [0.4, 0.5) is 0 Å². The van der Waals surface area contributed by atoms with Gasteiger partial charge in [0.25, 0.3) is 0 Å². The average molecular weight is 205 g/mol. The first-order valence-electron chi connectivity index (χ1n) is 4.57. The van der Waals surface area contributed by atoms with E-state index >= 15 is 0 Å². The van der Waals surface area contributed by atoms with E-state index in [0.717, 1.165) is 0 Å². The van der Waals surface area contributed by atoms with E-state index < -0.39 is 0 Å². The Morgan fingerprint density at radius 2 is 0.800 bits per heavy atom. The predicted octanol–water partition coefficient (Wildman–Crippen LogP) is 3.78. The monoisotopic (exact) mass is 205 g/mol. The molecular formula is C14H14Na. The third-order valence-corrected chi connectivity index (χ3v) is 1.88. The predicted molar refractivity (Wildman–Crippen MR) is 68.9 cm³/mol. The summed E-state index contributed by atoms with van der Waals surface area (Å²) in [6, 6.07) is 20.8. The SMILES string of the molecule is C=C.[Na].c1ccc(-c2ccccc2)cc1. The summed E-state index contributed by atoms with van der Waals surface area (Å²) in [5.74, 6) is 0. The summed E-state index contributed by atoms with van der Waals surface area (Å²) in [6.07, 6.45) is 0. The van der Waals surface area contributed by atoms with Crippen molar-refractivity contribution >= 4 is 29.6 Å². The van der Waals surface area contributed by atoms with Crippen LogP contribution in [0.5, 0.6) is 0 Å². The van der Waals surface area contributed by atoms with Crippen LogP contribution in [-0.2, 0) is 0 Å². The molecule has 0 saturated heterocycles. The van der Waals surface area contributed by atoms with Gasteiger partial charge in [0, 0.05) is 29.6 Å². The summed E-state index contributed by atoms with van der Waals surface area (Å²) in [6.45, 7) is 6.00. The Balaban J connectivity index is 0.000000617. The van der Waals surface area contributed by atoms with Gasteiger partial charge in [-0.05, 0) is 11.1 Å². The molecule has 0 nitrogen and oxygen atoms in total. The van der Waals surface area contributed by atoms with Crippen molar-refractivity contribution in [1.29, 1.82) is 0 Å². The Hall–Kier alpha value is -0.820. The zero-order valence-corrected chi connectivity index (χ0v) is 11.2. The first-order chi connectivity index (χ1) is 6.97. The van der Waals surface area contributed by atoms with Crippen molar-refractivity contribution in [2.45, 2.75) is 0 Å². The van der Waals surface area contributed by atoms with Crippen molar-refractivity contribution in [3.8, 4) is 11.1 Å². The minimum Gasteiger partial charge on any atom is -0.106 e. The Labute approximate surface area is 114 Å². The van der Waals surface area contributed by atoms with Crippen molar-refractivity contribution in [1.82, 2.24) is 0 Å². The summed E-state index contributed by atoms with van der Waals surface area (Å²) < 4.78 is 0. The van der Waals surface area contributed by atoms with Crippen molar-refractivity contribution in [3.05, 3.63) is 73.8 Å². The molecule has 0 amide bonds. The molecule has 0 unspecified atom stereocenters. The normalized spacial score (nSPS) is 8.00. The number of hydrogen-bond donors (Lipinski definition) is 0. The maximum Gasteiger partial charge on any atom is 0 e. The third kappa shape index (κ3) is 4.48. The molecule has 71 valence electrons. The molecule has 1 radical (unpaired) electrons. The summed E-state index contributed by atoms with van der Waals surface area (Å²) in [4.78, 5) is 0. The molecule has 0 atom stereocenters. The standard InChI is InChI=1S/C12H10.C2H4.Na/c1-3-7-11(8-4-1)12-9-5-2-6-10-12;1-2;/h1-10H;1-2H2;. The maximum absolute atomic E-state index is 3.00. The fourth-order valence-corrected chi connectivity index (χ4v) is 1.26. The molecule has 0 fully saturated rings. The molecule has 0 heterocycles. The van der Waals surface area contributed by atoms with Crippen molar-refractivity contribution in [2.24, 2.45) is 0 Å². The third-order valence-electron chi connectivity index (χ3n) is 1.88. The Morgan fingerprint density at radius 1 is 0.533 bits per heavy atom. The second kappa shape index (κ2) is 8.49. The molecule has 1 heteroatoms. The second-order valence-electron chi connectivity index (χ2n) is 2.73. The van der Waals surface area contributed by atoms with Gasteiger partial charge in [-0.3, -0.25) is 0 Å².